The monoisotopic (exact) mass is 413 g/mol. The lowest BCUT2D eigenvalue weighted by Crippen LogP contribution is -2.57. The van der Waals surface area contributed by atoms with Gasteiger partial charge in [-0.2, -0.15) is 0 Å². The minimum atomic E-state index is -1.76. The van der Waals surface area contributed by atoms with Crippen molar-refractivity contribution in [2.24, 2.45) is 5.92 Å². The number of aliphatic hydroxyl groups excluding tert-OH is 1. The number of aromatic nitrogens is 1. The lowest BCUT2D eigenvalue weighted by molar-refractivity contribution is -0.125. The van der Waals surface area contributed by atoms with E-state index in [9.17, 15) is 24.7 Å². The van der Waals surface area contributed by atoms with Crippen LogP contribution in [0.1, 0.15) is 37.7 Å². The molecule has 30 heavy (non-hydrogen) atoms. The van der Waals surface area contributed by atoms with Gasteiger partial charge in [-0.25, -0.2) is 0 Å². The molecule has 0 bridgehead atoms. The molecule has 160 valence electrons. The quantitative estimate of drug-likeness (QED) is 0.386. The van der Waals surface area contributed by atoms with Crippen LogP contribution < -0.4 is 10.6 Å². The van der Waals surface area contributed by atoms with Crippen LogP contribution in [0.4, 0.5) is 0 Å². The molecule has 8 nitrogen and oxygen atoms in total. The topological polar surface area (TPSA) is 132 Å². The van der Waals surface area contributed by atoms with Gasteiger partial charge in [0, 0.05) is 6.20 Å². The van der Waals surface area contributed by atoms with Gasteiger partial charge in [-0.3, -0.25) is 14.6 Å². The number of aliphatic hydroxyl groups is 1. The molecule has 1 aromatic heterocycles. The lowest BCUT2D eigenvalue weighted by atomic mass is 9.75. The summed E-state index contributed by atoms with van der Waals surface area (Å²) in [7, 11) is -1.76. The minimum absolute atomic E-state index is 0.0933. The normalized spacial score (nSPS) is 14.0. The zero-order valence-corrected chi connectivity index (χ0v) is 17.3. The molecule has 0 radical (unpaired) electrons. The third-order valence-corrected chi connectivity index (χ3v) is 4.56. The number of hydrogen-bond donors (Lipinski definition) is 5. The summed E-state index contributed by atoms with van der Waals surface area (Å²) in [6, 6.07) is 11.5. The Balaban J connectivity index is 2.14. The molecule has 0 fully saturated rings. The number of nitrogens with zero attached hydrogens (tertiary/aromatic N) is 1. The highest BCUT2D eigenvalue weighted by molar-refractivity contribution is 6.43. The molecule has 0 saturated carbocycles. The van der Waals surface area contributed by atoms with Crippen molar-refractivity contribution in [3.63, 3.8) is 0 Å². The van der Waals surface area contributed by atoms with E-state index in [0.717, 1.165) is 11.1 Å². The maximum Gasteiger partial charge on any atom is 0.475 e. The molecule has 5 N–H and O–H groups in total. The number of carbonyl (C=O) groups is 2. The molecule has 0 aliphatic carbocycles. The molecule has 3 atom stereocenters. The van der Waals surface area contributed by atoms with Crippen LogP contribution in [0.3, 0.4) is 0 Å². The highest BCUT2D eigenvalue weighted by Gasteiger charge is 2.32. The number of benzene rings is 1. The summed E-state index contributed by atoms with van der Waals surface area (Å²) in [6.45, 7) is 5.12. The van der Waals surface area contributed by atoms with Crippen LogP contribution in [0.2, 0.25) is 0 Å². The van der Waals surface area contributed by atoms with Crippen molar-refractivity contribution in [3.05, 3.63) is 54.4 Å². The number of carbonyl (C=O) groups excluding carboxylic acids is 2. The van der Waals surface area contributed by atoms with Gasteiger partial charge in [0.1, 0.15) is 11.7 Å². The minimum Gasteiger partial charge on any atom is -0.426 e. The zero-order valence-electron chi connectivity index (χ0n) is 17.3. The second kappa shape index (κ2) is 10.9. The SMILES string of the molecule is CC(C)C[C@H](NC(=O)[C@@H](NC(=O)c1cc(-c2ccccc2)ccn1)[C@@H](C)O)B(O)O. The van der Waals surface area contributed by atoms with Crippen LogP contribution in [-0.2, 0) is 4.79 Å². The molecule has 2 aromatic rings. The largest absolute Gasteiger partial charge is 0.475 e. The zero-order chi connectivity index (χ0) is 22.3. The van der Waals surface area contributed by atoms with E-state index in [2.05, 4.69) is 15.6 Å². The second-order valence-electron chi connectivity index (χ2n) is 7.65. The Morgan fingerprint density at radius 1 is 1.03 bits per heavy atom. The van der Waals surface area contributed by atoms with Gasteiger partial charge >= 0.3 is 7.12 Å². The first-order valence-electron chi connectivity index (χ1n) is 9.86. The average molecular weight is 413 g/mol. The van der Waals surface area contributed by atoms with E-state index in [-0.39, 0.29) is 11.6 Å². The van der Waals surface area contributed by atoms with Crippen LogP contribution in [-0.4, -0.2) is 57.2 Å². The fourth-order valence-corrected chi connectivity index (χ4v) is 3.02. The second-order valence-corrected chi connectivity index (χ2v) is 7.65. The number of amides is 2. The number of pyridine rings is 1. The molecule has 0 aliphatic heterocycles. The maximum atomic E-state index is 12.7. The Labute approximate surface area is 176 Å². The smallest absolute Gasteiger partial charge is 0.426 e. The van der Waals surface area contributed by atoms with E-state index in [1.807, 2.05) is 44.2 Å². The molecular formula is C21H28BN3O5. The van der Waals surface area contributed by atoms with E-state index >= 15 is 0 Å². The summed E-state index contributed by atoms with van der Waals surface area (Å²) >= 11 is 0. The van der Waals surface area contributed by atoms with Gasteiger partial charge in [-0.1, -0.05) is 44.2 Å². The Bertz CT molecular complexity index is 846. The average Bonchev–Trinajstić information content (AvgIpc) is 2.71. The van der Waals surface area contributed by atoms with Crippen LogP contribution in [0, 0.1) is 5.92 Å². The van der Waals surface area contributed by atoms with Crippen molar-refractivity contribution >= 4 is 18.9 Å². The van der Waals surface area contributed by atoms with Gasteiger partial charge < -0.3 is 25.8 Å². The van der Waals surface area contributed by atoms with Crippen LogP contribution in [0.5, 0.6) is 0 Å². The number of hydrogen-bond acceptors (Lipinski definition) is 6. The predicted molar refractivity (Wildman–Crippen MR) is 114 cm³/mol. The molecule has 2 rings (SSSR count). The molecule has 1 heterocycles. The molecular weight excluding hydrogens is 385 g/mol. The molecule has 1 aromatic carbocycles. The molecule has 0 unspecified atom stereocenters. The third-order valence-electron chi connectivity index (χ3n) is 4.56. The molecule has 0 spiro atoms. The standard InChI is InChI=1S/C21H28BN3O5/c1-13(2)11-18(22(29)30)24-21(28)19(14(3)26)25-20(27)17-12-16(9-10-23-17)15-7-5-4-6-8-15/h4-10,12-14,18-19,26,29-30H,11H2,1-3H3,(H,24,28)(H,25,27)/t14-,18+,19+/m1/s1. The Hall–Kier alpha value is -2.75. The molecule has 9 heteroatoms. The van der Waals surface area contributed by atoms with E-state index in [0.29, 0.717) is 6.42 Å². The Morgan fingerprint density at radius 2 is 1.70 bits per heavy atom. The van der Waals surface area contributed by atoms with Crippen LogP contribution >= 0.6 is 0 Å². The van der Waals surface area contributed by atoms with Gasteiger partial charge in [0.05, 0.1) is 12.0 Å². The summed E-state index contributed by atoms with van der Waals surface area (Å²) in [5, 5.41) is 34.0. The van der Waals surface area contributed by atoms with E-state index in [1.165, 1.54) is 13.1 Å². The van der Waals surface area contributed by atoms with Crippen molar-refractivity contribution in [2.45, 2.75) is 45.3 Å². The highest BCUT2D eigenvalue weighted by atomic mass is 16.4. The van der Waals surface area contributed by atoms with Gasteiger partial charge in [0.2, 0.25) is 5.91 Å². The van der Waals surface area contributed by atoms with Gasteiger partial charge in [-0.05, 0) is 42.5 Å². The Kier molecular flexibility index (Phi) is 8.52. The molecule has 0 saturated heterocycles. The molecule has 0 aliphatic rings. The first-order valence-corrected chi connectivity index (χ1v) is 9.86. The fourth-order valence-electron chi connectivity index (χ4n) is 3.02. The van der Waals surface area contributed by atoms with Crippen molar-refractivity contribution in [3.8, 4) is 11.1 Å². The van der Waals surface area contributed by atoms with Crippen LogP contribution in [0.15, 0.2) is 48.7 Å². The first-order chi connectivity index (χ1) is 14.2. The molecule has 2 amide bonds. The first kappa shape index (κ1) is 23.5. The van der Waals surface area contributed by atoms with E-state index in [4.69, 9.17) is 0 Å². The summed E-state index contributed by atoms with van der Waals surface area (Å²) in [5.74, 6) is -2.16. The predicted octanol–water partition coefficient (Wildman–Crippen LogP) is 0.771. The van der Waals surface area contributed by atoms with E-state index < -0.39 is 37.0 Å². The van der Waals surface area contributed by atoms with Gasteiger partial charge in [0.25, 0.3) is 5.91 Å². The summed E-state index contributed by atoms with van der Waals surface area (Å²) < 4.78 is 0. The lowest BCUT2D eigenvalue weighted by Gasteiger charge is -2.25. The maximum absolute atomic E-state index is 12.7. The number of rotatable bonds is 9. The van der Waals surface area contributed by atoms with E-state index in [1.54, 1.807) is 12.1 Å². The fraction of sp³-hybridized carbons (Fsp3) is 0.381. The van der Waals surface area contributed by atoms with Crippen LogP contribution in [0.25, 0.3) is 11.1 Å². The van der Waals surface area contributed by atoms with Crippen molar-refractivity contribution in [2.75, 3.05) is 0 Å². The van der Waals surface area contributed by atoms with Gasteiger partial charge in [0.15, 0.2) is 0 Å². The summed E-state index contributed by atoms with van der Waals surface area (Å²) in [6.07, 6.45) is 0.613. The summed E-state index contributed by atoms with van der Waals surface area (Å²) in [5.41, 5.74) is 1.79. The van der Waals surface area contributed by atoms with Crippen molar-refractivity contribution in [1.82, 2.24) is 15.6 Å². The number of nitrogens with one attached hydrogen (secondary N) is 2. The third kappa shape index (κ3) is 6.65. The van der Waals surface area contributed by atoms with Gasteiger partial charge in [-0.15, -0.1) is 0 Å². The Morgan fingerprint density at radius 3 is 2.27 bits per heavy atom. The van der Waals surface area contributed by atoms with Crippen molar-refractivity contribution in [1.29, 1.82) is 0 Å². The van der Waals surface area contributed by atoms with Crippen molar-refractivity contribution < 1.29 is 24.7 Å². The highest BCUT2D eigenvalue weighted by Crippen LogP contribution is 2.19. The summed E-state index contributed by atoms with van der Waals surface area (Å²) in [4.78, 5) is 29.3.